The van der Waals surface area contributed by atoms with Crippen LogP contribution < -0.4 is 16.6 Å². The Labute approximate surface area is 136 Å². The number of nitrogens with one attached hydrogen (secondary N) is 2. The molecule has 0 bridgehead atoms. The average molecular weight is 321 g/mol. The summed E-state index contributed by atoms with van der Waals surface area (Å²) in [4.78, 5) is 37.4. The third-order valence-corrected chi connectivity index (χ3v) is 4.64. The third-order valence-electron chi connectivity index (χ3n) is 4.64. The molecule has 1 aromatic heterocycles. The van der Waals surface area contributed by atoms with E-state index in [1.807, 2.05) is 6.92 Å². The molecule has 6 nitrogen and oxygen atoms in total. The lowest BCUT2D eigenvalue weighted by Gasteiger charge is -2.21. The number of nitrogens with zero attached hydrogens (tertiary/aromatic N) is 1. The quantitative estimate of drug-likeness (QED) is 0.805. The number of H-pyrrole nitrogens is 1. The standard InChI is InChI=1S/C17H27N3O3/c1-2-20-12-14(16(22)19-17(20)23)11-18-15(21)10-6-9-13-7-4-3-5-8-13/h12-13H,2-11H2,1H3,(H,18,21)(H,19,22,23). The summed E-state index contributed by atoms with van der Waals surface area (Å²) < 4.78 is 1.42. The van der Waals surface area contributed by atoms with Gasteiger partial charge in [-0.15, -0.1) is 0 Å². The van der Waals surface area contributed by atoms with E-state index >= 15 is 0 Å². The molecule has 1 heterocycles. The van der Waals surface area contributed by atoms with E-state index in [1.54, 1.807) is 0 Å². The van der Waals surface area contributed by atoms with E-state index in [9.17, 15) is 14.4 Å². The number of carbonyl (C=O) groups excluding carboxylic acids is 1. The number of hydrogen-bond acceptors (Lipinski definition) is 3. The van der Waals surface area contributed by atoms with Crippen molar-refractivity contribution >= 4 is 5.91 Å². The molecule has 1 aliphatic rings. The minimum absolute atomic E-state index is 0.0329. The molecule has 128 valence electrons. The Morgan fingerprint density at radius 3 is 2.74 bits per heavy atom. The maximum atomic E-state index is 11.9. The maximum Gasteiger partial charge on any atom is 0.328 e. The second-order valence-corrected chi connectivity index (χ2v) is 6.37. The van der Waals surface area contributed by atoms with Crippen molar-refractivity contribution in [3.8, 4) is 0 Å². The Morgan fingerprint density at radius 2 is 2.04 bits per heavy atom. The molecule has 0 aliphatic heterocycles. The molecule has 0 aromatic carbocycles. The molecule has 2 rings (SSSR count). The molecule has 23 heavy (non-hydrogen) atoms. The van der Waals surface area contributed by atoms with E-state index < -0.39 is 11.2 Å². The van der Waals surface area contributed by atoms with Gasteiger partial charge in [0, 0.05) is 25.7 Å². The van der Waals surface area contributed by atoms with Crippen molar-refractivity contribution in [2.75, 3.05) is 0 Å². The van der Waals surface area contributed by atoms with Crippen molar-refractivity contribution in [2.24, 2.45) is 5.92 Å². The first-order valence-corrected chi connectivity index (χ1v) is 8.69. The van der Waals surface area contributed by atoms with E-state index in [0.717, 1.165) is 18.8 Å². The van der Waals surface area contributed by atoms with Gasteiger partial charge < -0.3 is 9.88 Å². The normalized spacial score (nSPS) is 15.5. The summed E-state index contributed by atoms with van der Waals surface area (Å²) in [7, 11) is 0. The lowest BCUT2D eigenvalue weighted by Crippen LogP contribution is -2.34. The first-order valence-electron chi connectivity index (χ1n) is 8.69. The van der Waals surface area contributed by atoms with Gasteiger partial charge in [0.25, 0.3) is 5.56 Å². The lowest BCUT2D eigenvalue weighted by molar-refractivity contribution is -0.121. The van der Waals surface area contributed by atoms with Crippen LogP contribution in [0.25, 0.3) is 0 Å². The fraction of sp³-hybridized carbons (Fsp3) is 0.706. The third kappa shape index (κ3) is 5.37. The Morgan fingerprint density at radius 1 is 1.30 bits per heavy atom. The zero-order valence-electron chi connectivity index (χ0n) is 13.9. The highest BCUT2D eigenvalue weighted by Crippen LogP contribution is 2.27. The summed E-state index contributed by atoms with van der Waals surface area (Å²) in [6.07, 6.45) is 10.7. The van der Waals surface area contributed by atoms with Crippen LogP contribution in [0.2, 0.25) is 0 Å². The van der Waals surface area contributed by atoms with E-state index in [-0.39, 0.29) is 12.5 Å². The smallest absolute Gasteiger partial charge is 0.328 e. The van der Waals surface area contributed by atoms with Crippen molar-refractivity contribution in [1.82, 2.24) is 14.9 Å². The fourth-order valence-corrected chi connectivity index (χ4v) is 3.22. The topological polar surface area (TPSA) is 84.0 Å². The van der Waals surface area contributed by atoms with Gasteiger partial charge in [-0.1, -0.05) is 32.1 Å². The molecule has 0 unspecified atom stereocenters. The summed E-state index contributed by atoms with van der Waals surface area (Å²) in [6.45, 7) is 2.48. The van der Waals surface area contributed by atoms with E-state index in [4.69, 9.17) is 0 Å². The van der Waals surface area contributed by atoms with Gasteiger partial charge >= 0.3 is 5.69 Å². The summed E-state index contributed by atoms with van der Waals surface area (Å²) in [5.74, 6) is 0.752. The van der Waals surface area contributed by atoms with Crippen LogP contribution in [-0.2, 0) is 17.9 Å². The highest BCUT2D eigenvalue weighted by Gasteiger charge is 2.13. The van der Waals surface area contributed by atoms with Gasteiger partial charge in [-0.25, -0.2) is 4.79 Å². The Kier molecular flexibility index (Phi) is 6.62. The average Bonchev–Trinajstić information content (AvgIpc) is 2.55. The van der Waals surface area contributed by atoms with Crippen LogP contribution >= 0.6 is 0 Å². The van der Waals surface area contributed by atoms with Crippen LogP contribution in [0.4, 0.5) is 0 Å². The van der Waals surface area contributed by atoms with Crippen LogP contribution in [-0.4, -0.2) is 15.5 Å². The summed E-state index contributed by atoms with van der Waals surface area (Å²) in [6, 6.07) is 0. The summed E-state index contributed by atoms with van der Waals surface area (Å²) in [5, 5.41) is 2.77. The molecule has 1 aromatic rings. The lowest BCUT2D eigenvalue weighted by atomic mass is 9.86. The van der Waals surface area contributed by atoms with Crippen LogP contribution in [0.3, 0.4) is 0 Å². The molecule has 1 saturated carbocycles. The second kappa shape index (κ2) is 8.70. The maximum absolute atomic E-state index is 11.9. The number of aromatic nitrogens is 2. The SMILES string of the molecule is CCn1cc(CNC(=O)CCCC2CCCCC2)c(=O)[nH]c1=O. The van der Waals surface area contributed by atoms with Crippen molar-refractivity contribution in [3.63, 3.8) is 0 Å². The molecule has 1 fully saturated rings. The number of carbonyl (C=O) groups is 1. The summed E-state index contributed by atoms with van der Waals surface area (Å²) >= 11 is 0. The van der Waals surface area contributed by atoms with Crippen LogP contribution in [0.5, 0.6) is 0 Å². The summed E-state index contributed by atoms with van der Waals surface area (Å²) in [5.41, 5.74) is -0.436. The van der Waals surface area contributed by atoms with Crippen molar-refractivity contribution in [1.29, 1.82) is 0 Å². The van der Waals surface area contributed by atoms with Gasteiger partial charge in [-0.3, -0.25) is 14.6 Å². The number of rotatable bonds is 7. The minimum Gasteiger partial charge on any atom is -0.352 e. The molecule has 0 atom stereocenters. The molecule has 0 spiro atoms. The number of aryl methyl sites for hydroxylation is 1. The Bertz CT molecular complexity index is 627. The Balaban J connectivity index is 1.75. The van der Waals surface area contributed by atoms with E-state index in [2.05, 4.69) is 10.3 Å². The number of amides is 1. The number of hydrogen-bond donors (Lipinski definition) is 2. The zero-order chi connectivity index (χ0) is 16.7. The monoisotopic (exact) mass is 321 g/mol. The largest absolute Gasteiger partial charge is 0.352 e. The van der Waals surface area contributed by atoms with Gasteiger partial charge in [-0.2, -0.15) is 0 Å². The van der Waals surface area contributed by atoms with Gasteiger partial charge in [0.1, 0.15) is 0 Å². The molecule has 2 N–H and O–H groups in total. The minimum atomic E-state index is -0.429. The van der Waals surface area contributed by atoms with Gasteiger partial charge in [0.05, 0.1) is 5.56 Å². The first-order chi connectivity index (χ1) is 11.1. The van der Waals surface area contributed by atoms with E-state index in [0.29, 0.717) is 18.5 Å². The molecular weight excluding hydrogens is 294 g/mol. The predicted molar refractivity (Wildman–Crippen MR) is 89.3 cm³/mol. The molecule has 6 heteroatoms. The molecular formula is C17H27N3O3. The van der Waals surface area contributed by atoms with Crippen molar-refractivity contribution < 1.29 is 4.79 Å². The zero-order valence-corrected chi connectivity index (χ0v) is 13.9. The van der Waals surface area contributed by atoms with Gasteiger partial charge in [-0.05, 0) is 25.7 Å². The Hall–Kier alpha value is -1.85. The predicted octanol–water partition coefficient (Wildman–Crippen LogP) is 1.92. The second-order valence-electron chi connectivity index (χ2n) is 6.37. The van der Waals surface area contributed by atoms with Gasteiger partial charge in [0.15, 0.2) is 0 Å². The van der Waals surface area contributed by atoms with Crippen LogP contribution in [0, 0.1) is 5.92 Å². The van der Waals surface area contributed by atoms with Gasteiger partial charge in [0.2, 0.25) is 5.91 Å². The highest BCUT2D eigenvalue weighted by atomic mass is 16.2. The van der Waals surface area contributed by atoms with Crippen molar-refractivity contribution in [3.05, 3.63) is 32.6 Å². The molecule has 0 saturated heterocycles. The number of aromatic amines is 1. The van der Waals surface area contributed by atoms with Crippen LogP contribution in [0.1, 0.15) is 63.9 Å². The molecule has 1 amide bonds. The van der Waals surface area contributed by atoms with E-state index in [1.165, 1.54) is 42.9 Å². The molecule has 0 radical (unpaired) electrons. The van der Waals surface area contributed by atoms with Crippen molar-refractivity contribution in [2.45, 2.75) is 71.4 Å². The first kappa shape index (κ1) is 17.5. The molecule has 1 aliphatic carbocycles. The fourth-order valence-electron chi connectivity index (χ4n) is 3.22. The van der Waals surface area contributed by atoms with Crippen LogP contribution in [0.15, 0.2) is 15.8 Å². The highest BCUT2D eigenvalue weighted by molar-refractivity contribution is 5.75.